The van der Waals surface area contributed by atoms with Crippen LogP contribution in [0, 0.1) is 0 Å². The summed E-state index contributed by atoms with van der Waals surface area (Å²) in [6, 6.07) is 79.3. The Morgan fingerprint density at radius 2 is 0.660 bits per heavy atom. The highest BCUT2D eigenvalue weighted by Gasteiger charge is 2.26. The minimum absolute atomic E-state index is 0.00308. The molecule has 12 aromatic carbocycles. The molecule has 0 bridgehead atoms. The molecular formula is C94H84O12. The van der Waals surface area contributed by atoms with Gasteiger partial charge in [-0.2, -0.15) is 0 Å². The molecule has 0 radical (unpaired) electrons. The van der Waals surface area contributed by atoms with Gasteiger partial charge >= 0.3 is 23.9 Å². The van der Waals surface area contributed by atoms with E-state index in [1.807, 2.05) is 164 Å². The van der Waals surface area contributed by atoms with Gasteiger partial charge in [-0.25, -0.2) is 19.2 Å². The van der Waals surface area contributed by atoms with Crippen LogP contribution in [0.4, 0.5) is 0 Å². The standard InChI is InChI=1S/2C24H22O3.2C23H20O3/c1-2-17-9-5-13-21-19(17)12-7-14-22(21)24(25)27-16-26-23-15-6-10-18-8-3-4-11-20(18)23;1-2-17-10-11-20-15-21(13-12-19(20)14-17)24(25)27-16-26-23-9-5-7-18-6-3-4-8-22(18)23;1-2-16-9-5-11-21-20(16)10-6-12-22(21)23(24)26-15-25-19-13-17-7-3-4-8-18(17)14-19;1-2-16-7-8-20-12-21(10-9-19(20)11-16)23(24)26-15-25-22-13-17-5-3-4-6-18(17)14-22/h2-5,7-9,11-14,23H,1,6,10,15-16H2;2-4,6,8,10-15,23H,1,5,7,9,16H2;2-12,19H,1,13-15H2;2-12,22H,1,13-15H2. The maximum absolute atomic E-state index is 12.6. The molecule has 4 aliphatic carbocycles. The third-order valence-corrected chi connectivity index (χ3v) is 20.0. The van der Waals surface area contributed by atoms with Gasteiger partial charge in [0.25, 0.3) is 0 Å². The number of esters is 4. The average Bonchev–Trinajstić information content (AvgIpc) is 1.07. The molecule has 532 valence electrons. The van der Waals surface area contributed by atoms with Crippen molar-refractivity contribution in [3.05, 3.63) is 358 Å². The van der Waals surface area contributed by atoms with Crippen molar-refractivity contribution < 1.29 is 57.1 Å². The number of aryl methyl sites for hydroxylation is 2. The number of ether oxygens (including phenoxy) is 8. The summed E-state index contributed by atoms with van der Waals surface area (Å²) >= 11 is 0. The second kappa shape index (κ2) is 35.2. The monoisotopic (exact) mass is 1400 g/mol. The van der Waals surface area contributed by atoms with Crippen LogP contribution >= 0.6 is 0 Å². The molecule has 12 heteroatoms. The van der Waals surface area contributed by atoms with Crippen molar-refractivity contribution in [2.45, 2.75) is 88.6 Å². The van der Waals surface area contributed by atoms with Crippen molar-refractivity contribution in [1.82, 2.24) is 0 Å². The molecular weight excluding hydrogens is 1320 g/mol. The van der Waals surface area contributed by atoms with E-state index in [-0.39, 0.29) is 75.5 Å². The van der Waals surface area contributed by atoms with Crippen LogP contribution in [0.3, 0.4) is 0 Å². The van der Waals surface area contributed by atoms with Crippen molar-refractivity contribution in [2.24, 2.45) is 0 Å². The SMILES string of the molecule is C=Cc1ccc2cc(C(=O)OCOC3CCCc4ccccc43)ccc2c1.C=Cc1ccc2cc(C(=O)OCOC3Cc4ccccc4C3)ccc2c1.C=Cc1cccc2c(C(=O)OCOC3CCCc4ccccc43)cccc12.C=Cc1cccc2c(C(=O)OCOC3Cc4ccccc4C3)cccc12. The summed E-state index contributed by atoms with van der Waals surface area (Å²) in [6.07, 6.45) is 17.0. The number of fused-ring (bicyclic) bond motifs is 8. The van der Waals surface area contributed by atoms with Crippen LogP contribution in [-0.4, -0.2) is 63.3 Å². The van der Waals surface area contributed by atoms with Gasteiger partial charge in [-0.15, -0.1) is 0 Å². The molecule has 12 nitrogen and oxygen atoms in total. The molecule has 106 heavy (non-hydrogen) atoms. The van der Waals surface area contributed by atoms with Gasteiger partial charge in [-0.3, -0.25) is 0 Å². The number of hydrogen-bond donors (Lipinski definition) is 0. The van der Waals surface area contributed by atoms with Crippen LogP contribution in [0.15, 0.2) is 269 Å². The van der Waals surface area contributed by atoms with E-state index in [1.165, 1.54) is 44.5 Å². The van der Waals surface area contributed by atoms with Gasteiger partial charge in [0.2, 0.25) is 0 Å². The summed E-state index contributed by atoms with van der Waals surface area (Å²) in [5, 5.41) is 7.84. The minimum atomic E-state index is -0.370. The molecule has 0 fully saturated rings. The highest BCUT2D eigenvalue weighted by atomic mass is 16.7. The molecule has 0 aliphatic heterocycles. The Morgan fingerprint density at radius 1 is 0.321 bits per heavy atom. The van der Waals surface area contributed by atoms with Crippen LogP contribution in [0.5, 0.6) is 0 Å². The lowest BCUT2D eigenvalue weighted by atomic mass is 9.89. The van der Waals surface area contributed by atoms with E-state index in [2.05, 4.69) is 87.0 Å². The highest BCUT2D eigenvalue weighted by molar-refractivity contribution is 6.07. The first-order chi connectivity index (χ1) is 52.0. The summed E-state index contributed by atoms with van der Waals surface area (Å²) in [6.45, 7) is 15.1. The fourth-order valence-corrected chi connectivity index (χ4v) is 14.5. The summed E-state index contributed by atoms with van der Waals surface area (Å²) in [5.41, 5.74) is 16.6. The van der Waals surface area contributed by atoms with E-state index in [0.29, 0.717) is 22.3 Å². The van der Waals surface area contributed by atoms with E-state index in [0.717, 1.165) is 130 Å². The Balaban J connectivity index is 0.000000125. The normalized spacial score (nSPS) is 14.8. The summed E-state index contributed by atoms with van der Waals surface area (Å²) < 4.78 is 44.8. The Kier molecular flexibility index (Phi) is 24.2. The maximum atomic E-state index is 12.6. The molecule has 0 heterocycles. The van der Waals surface area contributed by atoms with E-state index in [1.54, 1.807) is 42.5 Å². The molecule has 2 atom stereocenters. The molecule has 4 aliphatic rings. The molecule has 0 N–H and O–H groups in total. The van der Waals surface area contributed by atoms with Crippen molar-refractivity contribution >= 4 is 91.3 Å². The van der Waals surface area contributed by atoms with Gasteiger partial charge in [-0.05, 0) is 223 Å². The lowest BCUT2D eigenvalue weighted by Crippen LogP contribution is -2.17. The van der Waals surface area contributed by atoms with Crippen LogP contribution in [-0.2, 0) is 76.4 Å². The Bertz CT molecular complexity index is 5170. The highest BCUT2D eigenvalue weighted by Crippen LogP contribution is 2.35. The van der Waals surface area contributed by atoms with Gasteiger partial charge in [0.1, 0.15) is 0 Å². The fraction of sp³-hybridized carbons (Fsp3) is 0.191. The molecule has 12 aromatic rings. The molecule has 16 rings (SSSR count). The predicted molar refractivity (Wildman–Crippen MR) is 421 cm³/mol. The molecule has 0 aromatic heterocycles. The van der Waals surface area contributed by atoms with Crippen molar-refractivity contribution in [3.63, 3.8) is 0 Å². The zero-order valence-electron chi connectivity index (χ0n) is 59.3. The van der Waals surface area contributed by atoms with Gasteiger partial charge in [0.05, 0.1) is 46.7 Å². The number of carbonyl (C=O) groups is 4. The smallest absolute Gasteiger partial charge is 0.340 e. The van der Waals surface area contributed by atoms with E-state index in [9.17, 15) is 19.2 Å². The quantitative estimate of drug-likeness (QED) is 0.0407. The number of benzene rings is 12. The lowest BCUT2D eigenvalue weighted by Gasteiger charge is -2.25. The summed E-state index contributed by atoms with van der Waals surface area (Å²) in [7, 11) is 0. The van der Waals surface area contributed by atoms with Crippen molar-refractivity contribution in [2.75, 3.05) is 27.2 Å². The predicted octanol–water partition coefficient (Wildman–Crippen LogP) is 20.9. The number of carbonyl (C=O) groups excluding carboxylic acids is 4. The summed E-state index contributed by atoms with van der Waals surface area (Å²) in [5.74, 6) is -1.47. The third kappa shape index (κ3) is 17.8. The zero-order valence-corrected chi connectivity index (χ0v) is 59.3. The molecule has 0 saturated heterocycles. The average molecular weight is 1410 g/mol. The van der Waals surface area contributed by atoms with Gasteiger partial charge in [-0.1, -0.05) is 245 Å². The zero-order chi connectivity index (χ0) is 73.1. The van der Waals surface area contributed by atoms with E-state index in [4.69, 9.17) is 37.9 Å². The second-order valence-electron chi connectivity index (χ2n) is 26.6. The molecule has 0 amide bonds. The first kappa shape index (κ1) is 72.7. The van der Waals surface area contributed by atoms with Crippen molar-refractivity contribution in [1.29, 1.82) is 0 Å². The van der Waals surface area contributed by atoms with Crippen LogP contribution in [0.25, 0.3) is 67.4 Å². The van der Waals surface area contributed by atoms with Crippen LogP contribution in [0.2, 0.25) is 0 Å². The van der Waals surface area contributed by atoms with Crippen molar-refractivity contribution in [3.8, 4) is 0 Å². The topological polar surface area (TPSA) is 142 Å². The number of hydrogen-bond acceptors (Lipinski definition) is 12. The second-order valence-corrected chi connectivity index (χ2v) is 26.6. The van der Waals surface area contributed by atoms with Gasteiger partial charge in [0, 0.05) is 0 Å². The maximum Gasteiger partial charge on any atom is 0.340 e. The van der Waals surface area contributed by atoms with Gasteiger partial charge < -0.3 is 37.9 Å². The molecule has 0 saturated carbocycles. The Morgan fingerprint density at radius 3 is 1.06 bits per heavy atom. The first-order valence-corrected chi connectivity index (χ1v) is 36.1. The molecule has 0 spiro atoms. The minimum Gasteiger partial charge on any atom is -0.435 e. The van der Waals surface area contributed by atoms with E-state index < -0.39 is 0 Å². The molecule has 2 unspecified atom stereocenters. The lowest BCUT2D eigenvalue weighted by molar-refractivity contribution is -0.0720. The summed E-state index contributed by atoms with van der Waals surface area (Å²) in [4.78, 5) is 49.8. The van der Waals surface area contributed by atoms with Crippen LogP contribution in [0.1, 0.15) is 146 Å². The number of rotatable bonds is 20. The van der Waals surface area contributed by atoms with E-state index >= 15 is 0 Å². The fourth-order valence-electron chi connectivity index (χ4n) is 14.5. The van der Waals surface area contributed by atoms with Crippen LogP contribution < -0.4 is 0 Å². The Labute approximate surface area is 618 Å². The first-order valence-electron chi connectivity index (χ1n) is 36.1. The largest absolute Gasteiger partial charge is 0.435 e. The third-order valence-electron chi connectivity index (χ3n) is 20.0. The Hall–Kier alpha value is -11.6. The van der Waals surface area contributed by atoms with Gasteiger partial charge in [0.15, 0.2) is 27.2 Å².